The van der Waals surface area contributed by atoms with Gasteiger partial charge in [-0.25, -0.2) is 10.3 Å². The summed E-state index contributed by atoms with van der Waals surface area (Å²) in [4.78, 5) is 37.9. The van der Waals surface area contributed by atoms with Crippen molar-refractivity contribution in [2.45, 2.75) is 0 Å². The Hall–Kier alpha value is -1.28. The fourth-order valence-electron chi connectivity index (χ4n) is 0.924. The first-order chi connectivity index (χ1) is 7.09. The Kier molecular flexibility index (Phi) is 4.37. The molecule has 8 heteroatoms. The van der Waals surface area contributed by atoms with Crippen LogP contribution in [0.15, 0.2) is 0 Å². The monoisotopic (exact) mass is 234 g/mol. The van der Waals surface area contributed by atoms with Crippen molar-refractivity contribution in [2.75, 3.05) is 24.8 Å². The Morgan fingerprint density at radius 2 is 2.33 bits per heavy atom. The molecule has 7 nitrogen and oxygen atoms in total. The highest BCUT2D eigenvalue weighted by molar-refractivity contribution is 8.00. The Morgan fingerprint density at radius 1 is 1.60 bits per heavy atom. The molecule has 1 aliphatic rings. The number of hydroxylamine groups is 1. The lowest BCUT2D eigenvalue weighted by atomic mass is 10.5. The predicted molar refractivity (Wildman–Crippen MR) is 50.8 cm³/mol. The molecule has 0 aromatic rings. The van der Waals surface area contributed by atoms with Crippen molar-refractivity contribution in [3.8, 4) is 0 Å². The second-order valence-electron chi connectivity index (χ2n) is 2.78. The first-order valence-electron chi connectivity index (χ1n) is 4.07. The number of nitrogens with one attached hydrogen (secondary N) is 1. The number of carboxylic acids is 1. The van der Waals surface area contributed by atoms with Crippen LogP contribution in [-0.4, -0.2) is 52.6 Å². The van der Waals surface area contributed by atoms with Gasteiger partial charge in [0.25, 0.3) is 5.91 Å². The second-order valence-corrected chi connectivity index (χ2v) is 3.73. The Labute approximate surface area is 89.7 Å². The molecule has 0 saturated carbocycles. The maximum atomic E-state index is 11.1. The van der Waals surface area contributed by atoms with Crippen LogP contribution >= 0.6 is 11.8 Å². The van der Waals surface area contributed by atoms with Crippen LogP contribution in [0.4, 0.5) is 0 Å². The number of hydrogen-bond acceptors (Lipinski definition) is 5. The van der Waals surface area contributed by atoms with Gasteiger partial charge in [0.05, 0.1) is 11.6 Å². The third-order valence-electron chi connectivity index (χ3n) is 1.54. The van der Waals surface area contributed by atoms with E-state index in [1.807, 2.05) is 5.48 Å². The third-order valence-corrected chi connectivity index (χ3v) is 2.49. The number of nitrogens with zero attached hydrogens (tertiary/aromatic N) is 1. The van der Waals surface area contributed by atoms with E-state index >= 15 is 0 Å². The zero-order chi connectivity index (χ0) is 11.3. The highest BCUT2D eigenvalue weighted by Gasteiger charge is 2.22. The van der Waals surface area contributed by atoms with Crippen molar-refractivity contribution in [1.82, 2.24) is 10.4 Å². The maximum Gasteiger partial charge on any atom is 0.332 e. The topological polar surface area (TPSA) is 95.9 Å². The first kappa shape index (κ1) is 11.8. The third kappa shape index (κ3) is 4.17. The fraction of sp³-hybridized carbons (Fsp3) is 0.571. The van der Waals surface area contributed by atoms with Gasteiger partial charge in [0.1, 0.15) is 6.54 Å². The maximum absolute atomic E-state index is 11.1. The van der Waals surface area contributed by atoms with Crippen molar-refractivity contribution >= 4 is 29.5 Å². The summed E-state index contributed by atoms with van der Waals surface area (Å²) in [7, 11) is 0. The van der Waals surface area contributed by atoms with E-state index in [-0.39, 0.29) is 12.5 Å². The quantitative estimate of drug-likeness (QED) is 0.571. The van der Waals surface area contributed by atoms with E-state index in [1.165, 1.54) is 16.7 Å². The van der Waals surface area contributed by atoms with Crippen molar-refractivity contribution in [1.29, 1.82) is 0 Å². The van der Waals surface area contributed by atoms with Crippen LogP contribution in [0.3, 0.4) is 0 Å². The van der Waals surface area contributed by atoms with Gasteiger partial charge in [-0.2, -0.15) is 0 Å². The summed E-state index contributed by atoms with van der Waals surface area (Å²) >= 11 is 1.42. The Morgan fingerprint density at radius 3 is 2.87 bits per heavy atom. The molecule has 15 heavy (non-hydrogen) atoms. The minimum atomic E-state index is -1.18. The lowest BCUT2D eigenvalue weighted by Gasteiger charge is -2.13. The van der Waals surface area contributed by atoms with Crippen LogP contribution in [-0.2, 0) is 19.2 Å². The average Bonchev–Trinajstić information content (AvgIpc) is 2.51. The van der Waals surface area contributed by atoms with Crippen molar-refractivity contribution in [3.05, 3.63) is 0 Å². The minimum Gasteiger partial charge on any atom is -0.479 e. The summed E-state index contributed by atoms with van der Waals surface area (Å²) in [6.07, 6.45) is 0. The molecule has 0 unspecified atom stereocenters. The standard InChI is InChI=1S/C7H10N2O5S/c10-5(8-14-2-7(12)13)1-9-4-15-3-6(9)11/h1-4H2,(H,8,10)(H,12,13). The minimum absolute atomic E-state index is 0.103. The lowest BCUT2D eigenvalue weighted by Crippen LogP contribution is -2.38. The van der Waals surface area contributed by atoms with Gasteiger partial charge >= 0.3 is 5.97 Å². The number of thioether (sulfide) groups is 1. The molecular formula is C7H10N2O5S. The van der Waals surface area contributed by atoms with Crippen molar-refractivity contribution in [3.63, 3.8) is 0 Å². The van der Waals surface area contributed by atoms with Gasteiger partial charge in [-0.15, -0.1) is 11.8 Å². The summed E-state index contributed by atoms with van der Waals surface area (Å²) in [5.74, 6) is -0.961. The van der Waals surface area contributed by atoms with Gasteiger partial charge in [-0.1, -0.05) is 0 Å². The SMILES string of the molecule is O=C(O)CONC(=O)CN1CSCC1=O. The number of rotatable bonds is 5. The van der Waals surface area contributed by atoms with Crippen LogP contribution in [0.5, 0.6) is 0 Å². The number of amides is 2. The molecule has 0 spiro atoms. The van der Waals surface area contributed by atoms with Crippen LogP contribution in [0, 0.1) is 0 Å². The predicted octanol–water partition coefficient (Wildman–Crippen LogP) is -1.35. The van der Waals surface area contributed by atoms with E-state index in [2.05, 4.69) is 4.84 Å². The molecule has 84 valence electrons. The molecule has 2 amide bonds. The molecule has 0 atom stereocenters. The summed E-state index contributed by atoms with van der Waals surface area (Å²) < 4.78 is 0. The van der Waals surface area contributed by atoms with Crippen molar-refractivity contribution in [2.24, 2.45) is 0 Å². The van der Waals surface area contributed by atoms with Gasteiger partial charge < -0.3 is 10.0 Å². The summed E-state index contributed by atoms with van der Waals surface area (Å²) in [5, 5.41) is 8.21. The number of aliphatic carboxylic acids is 1. The van der Waals surface area contributed by atoms with E-state index in [4.69, 9.17) is 5.11 Å². The molecule has 0 aromatic heterocycles. The largest absolute Gasteiger partial charge is 0.479 e. The van der Waals surface area contributed by atoms with E-state index in [9.17, 15) is 14.4 Å². The number of carbonyl (C=O) groups excluding carboxylic acids is 2. The van der Waals surface area contributed by atoms with Gasteiger partial charge in [0.2, 0.25) is 5.91 Å². The van der Waals surface area contributed by atoms with Gasteiger partial charge in [0, 0.05) is 0 Å². The van der Waals surface area contributed by atoms with Gasteiger partial charge in [-0.3, -0.25) is 14.4 Å². The molecule has 1 rings (SSSR count). The molecule has 1 saturated heterocycles. The average molecular weight is 234 g/mol. The van der Waals surface area contributed by atoms with E-state index in [0.29, 0.717) is 11.6 Å². The van der Waals surface area contributed by atoms with E-state index in [0.717, 1.165) is 0 Å². The van der Waals surface area contributed by atoms with Crippen LogP contribution < -0.4 is 5.48 Å². The molecule has 0 bridgehead atoms. The highest BCUT2D eigenvalue weighted by Crippen LogP contribution is 2.13. The van der Waals surface area contributed by atoms with Crippen LogP contribution in [0.2, 0.25) is 0 Å². The molecule has 1 fully saturated rings. The smallest absolute Gasteiger partial charge is 0.332 e. The lowest BCUT2D eigenvalue weighted by molar-refractivity contribution is -0.150. The normalized spacial score (nSPS) is 15.5. The zero-order valence-corrected chi connectivity index (χ0v) is 8.58. The molecule has 1 aliphatic heterocycles. The second kappa shape index (κ2) is 5.56. The van der Waals surface area contributed by atoms with E-state index in [1.54, 1.807) is 0 Å². The number of hydrogen-bond donors (Lipinski definition) is 2. The molecule has 2 N–H and O–H groups in total. The molecule has 0 radical (unpaired) electrons. The van der Waals surface area contributed by atoms with Crippen LogP contribution in [0.1, 0.15) is 0 Å². The molecule has 1 heterocycles. The van der Waals surface area contributed by atoms with Crippen LogP contribution in [0.25, 0.3) is 0 Å². The van der Waals surface area contributed by atoms with E-state index < -0.39 is 18.5 Å². The zero-order valence-electron chi connectivity index (χ0n) is 7.76. The Balaban J connectivity index is 2.18. The van der Waals surface area contributed by atoms with Gasteiger partial charge in [-0.05, 0) is 0 Å². The van der Waals surface area contributed by atoms with Gasteiger partial charge in [0.15, 0.2) is 6.61 Å². The Bertz CT molecular complexity index is 283. The molecule has 0 aromatic carbocycles. The summed E-state index contributed by atoms with van der Waals surface area (Å²) in [5.41, 5.74) is 1.94. The number of carboxylic acid groups (broad SMARTS) is 1. The summed E-state index contributed by atoms with van der Waals surface area (Å²) in [6.45, 7) is -0.708. The van der Waals surface area contributed by atoms with Crippen molar-refractivity contribution < 1.29 is 24.3 Å². The highest BCUT2D eigenvalue weighted by atomic mass is 32.2. The fourth-order valence-corrected chi connectivity index (χ4v) is 1.83. The first-order valence-corrected chi connectivity index (χ1v) is 5.23. The molecular weight excluding hydrogens is 224 g/mol. The molecule has 0 aliphatic carbocycles. The number of carbonyl (C=O) groups is 3. The summed E-state index contributed by atoms with van der Waals surface area (Å²) in [6, 6.07) is 0.